The van der Waals surface area contributed by atoms with E-state index >= 15 is 0 Å². The molecular formula is C17H21FN2O. The monoisotopic (exact) mass is 288 g/mol. The zero-order valence-corrected chi connectivity index (χ0v) is 12.5. The van der Waals surface area contributed by atoms with Crippen molar-refractivity contribution >= 4 is 0 Å². The van der Waals surface area contributed by atoms with Crippen LogP contribution in [0.4, 0.5) is 4.39 Å². The Balaban J connectivity index is 2.02. The highest BCUT2D eigenvalue weighted by molar-refractivity contribution is 5.36. The van der Waals surface area contributed by atoms with Gasteiger partial charge in [-0.3, -0.25) is 4.98 Å². The molecule has 2 rings (SSSR count). The van der Waals surface area contributed by atoms with Gasteiger partial charge in [0.05, 0.1) is 6.61 Å². The number of benzene rings is 1. The fourth-order valence-electron chi connectivity index (χ4n) is 2.23. The van der Waals surface area contributed by atoms with Crippen molar-refractivity contribution in [3.63, 3.8) is 0 Å². The van der Waals surface area contributed by atoms with Crippen molar-refractivity contribution in [2.75, 3.05) is 13.2 Å². The number of rotatable bonds is 7. The average Bonchev–Trinajstić information content (AvgIpc) is 2.49. The second-order valence-corrected chi connectivity index (χ2v) is 4.92. The highest BCUT2D eigenvalue weighted by Gasteiger charge is 2.12. The Morgan fingerprint density at radius 3 is 2.90 bits per heavy atom. The van der Waals surface area contributed by atoms with Crippen molar-refractivity contribution < 1.29 is 9.13 Å². The maximum atomic E-state index is 13.4. The van der Waals surface area contributed by atoms with Crippen LogP contribution in [-0.4, -0.2) is 18.1 Å². The van der Waals surface area contributed by atoms with E-state index in [0.29, 0.717) is 12.4 Å². The Hall–Kier alpha value is -1.94. The molecule has 0 fully saturated rings. The smallest absolute Gasteiger partial charge is 0.126 e. The lowest BCUT2D eigenvalue weighted by atomic mass is 10.1. The minimum absolute atomic E-state index is 0.129. The molecule has 0 radical (unpaired) electrons. The quantitative estimate of drug-likeness (QED) is 0.846. The molecule has 0 aliphatic heterocycles. The van der Waals surface area contributed by atoms with Gasteiger partial charge in [-0.05, 0) is 31.2 Å². The molecule has 112 valence electrons. The zero-order valence-electron chi connectivity index (χ0n) is 12.5. The van der Waals surface area contributed by atoms with E-state index in [-0.39, 0.29) is 11.9 Å². The van der Waals surface area contributed by atoms with Crippen molar-refractivity contribution in [3.05, 3.63) is 59.7 Å². The van der Waals surface area contributed by atoms with E-state index in [0.717, 1.165) is 24.1 Å². The highest BCUT2D eigenvalue weighted by atomic mass is 19.1. The fourth-order valence-corrected chi connectivity index (χ4v) is 2.23. The van der Waals surface area contributed by atoms with Gasteiger partial charge >= 0.3 is 0 Å². The molecular weight excluding hydrogens is 267 g/mol. The number of halogens is 1. The van der Waals surface area contributed by atoms with E-state index in [1.807, 2.05) is 32.2 Å². The van der Waals surface area contributed by atoms with Gasteiger partial charge in [0.15, 0.2) is 0 Å². The minimum atomic E-state index is -0.279. The Bertz CT molecular complexity index is 560. The number of pyridine rings is 1. The first-order valence-electron chi connectivity index (χ1n) is 7.25. The summed E-state index contributed by atoms with van der Waals surface area (Å²) in [6.07, 6.45) is 4.31. The molecule has 1 unspecified atom stereocenters. The largest absolute Gasteiger partial charge is 0.493 e. The molecule has 0 bridgehead atoms. The summed E-state index contributed by atoms with van der Waals surface area (Å²) in [5, 5.41) is 3.32. The average molecular weight is 288 g/mol. The van der Waals surface area contributed by atoms with Crippen molar-refractivity contribution in [1.82, 2.24) is 10.3 Å². The second kappa shape index (κ2) is 7.74. The second-order valence-electron chi connectivity index (χ2n) is 4.92. The van der Waals surface area contributed by atoms with Gasteiger partial charge in [0.1, 0.15) is 11.6 Å². The first-order chi connectivity index (χ1) is 10.2. The SMILES string of the molecule is CCNC(C)c1ccc(F)cc1OCCc1cccnc1. The molecule has 0 saturated carbocycles. The van der Waals surface area contributed by atoms with Crippen LogP contribution in [0.5, 0.6) is 5.75 Å². The Labute approximate surface area is 125 Å². The van der Waals surface area contributed by atoms with Crippen LogP contribution in [0.25, 0.3) is 0 Å². The fraction of sp³-hybridized carbons (Fsp3) is 0.353. The van der Waals surface area contributed by atoms with Crippen LogP contribution in [0.1, 0.15) is 31.0 Å². The first-order valence-corrected chi connectivity index (χ1v) is 7.25. The lowest BCUT2D eigenvalue weighted by Gasteiger charge is -2.17. The standard InChI is InChI=1S/C17H21FN2O/c1-3-20-13(2)16-7-6-15(18)11-17(16)21-10-8-14-5-4-9-19-12-14/h4-7,9,11-13,20H,3,8,10H2,1-2H3. The summed E-state index contributed by atoms with van der Waals surface area (Å²) in [7, 11) is 0. The van der Waals surface area contributed by atoms with Crippen LogP contribution in [0.2, 0.25) is 0 Å². The van der Waals surface area contributed by atoms with Gasteiger partial charge in [-0.1, -0.05) is 19.1 Å². The lowest BCUT2D eigenvalue weighted by molar-refractivity contribution is 0.313. The Morgan fingerprint density at radius 2 is 2.19 bits per heavy atom. The van der Waals surface area contributed by atoms with Gasteiger partial charge in [-0.2, -0.15) is 0 Å². The van der Waals surface area contributed by atoms with Crippen molar-refractivity contribution in [2.45, 2.75) is 26.3 Å². The molecule has 0 spiro atoms. The van der Waals surface area contributed by atoms with Crippen molar-refractivity contribution in [1.29, 1.82) is 0 Å². The molecule has 1 N–H and O–H groups in total. The summed E-state index contributed by atoms with van der Waals surface area (Å²) < 4.78 is 19.2. The molecule has 1 heterocycles. The molecule has 2 aromatic rings. The third-order valence-corrected chi connectivity index (χ3v) is 3.32. The molecule has 4 heteroatoms. The third kappa shape index (κ3) is 4.53. The Kier molecular flexibility index (Phi) is 5.69. The van der Waals surface area contributed by atoms with E-state index in [9.17, 15) is 4.39 Å². The van der Waals surface area contributed by atoms with Gasteiger partial charge in [-0.25, -0.2) is 4.39 Å². The third-order valence-electron chi connectivity index (χ3n) is 3.32. The van der Waals surface area contributed by atoms with Gasteiger partial charge in [0.2, 0.25) is 0 Å². The van der Waals surface area contributed by atoms with Gasteiger partial charge in [0.25, 0.3) is 0 Å². The highest BCUT2D eigenvalue weighted by Crippen LogP contribution is 2.26. The van der Waals surface area contributed by atoms with Crippen LogP contribution in [-0.2, 0) is 6.42 Å². The summed E-state index contributed by atoms with van der Waals surface area (Å²) in [4.78, 5) is 4.07. The van der Waals surface area contributed by atoms with Crippen molar-refractivity contribution in [3.8, 4) is 5.75 Å². The summed E-state index contributed by atoms with van der Waals surface area (Å²) in [5.74, 6) is 0.325. The minimum Gasteiger partial charge on any atom is -0.493 e. The van der Waals surface area contributed by atoms with E-state index in [1.54, 1.807) is 12.3 Å². The molecule has 0 aliphatic rings. The van der Waals surface area contributed by atoms with Crippen LogP contribution < -0.4 is 10.1 Å². The molecule has 3 nitrogen and oxygen atoms in total. The van der Waals surface area contributed by atoms with Gasteiger partial charge in [-0.15, -0.1) is 0 Å². The molecule has 1 atom stereocenters. The predicted molar refractivity (Wildman–Crippen MR) is 81.9 cm³/mol. The summed E-state index contributed by atoms with van der Waals surface area (Å²) in [5.41, 5.74) is 2.08. The molecule has 0 saturated heterocycles. The molecule has 1 aromatic carbocycles. The predicted octanol–water partition coefficient (Wildman–Crippen LogP) is 3.51. The molecule has 0 amide bonds. The summed E-state index contributed by atoms with van der Waals surface area (Å²) in [6.45, 7) is 5.45. The summed E-state index contributed by atoms with van der Waals surface area (Å²) >= 11 is 0. The van der Waals surface area contributed by atoms with E-state index in [1.165, 1.54) is 12.1 Å². The van der Waals surface area contributed by atoms with E-state index < -0.39 is 0 Å². The van der Waals surface area contributed by atoms with Crippen LogP contribution >= 0.6 is 0 Å². The van der Waals surface area contributed by atoms with Gasteiger partial charge in [0, 0.05) is 36.5 Å². The maximum absolute atomic E-state index is 13.4. The van der Waals surface area contributed by atoms with Crippen LogP contribution in [0.3, 0.4) is 0 Å². The van der Waals surface area contributed by atoms with Crippen LogP contribution in [0, 0.1) is 5.82 Å². The van der Waals surface area contributed by atoms with E-state index in [2.05, 4.69) is 10.3 Å². The number of nitrogens with zero attached hydrogens (tertiary/aromatic N) is 1. The summed E-state index contributed by atoms with van der Waals surface area (Å²) in [6, 6.07) is 8.73. The number of ether oxygens (including phenoxy) is 1. The maximum Gasteiger partial charge on any atom is 0.126 e. The number of aromatic nitrogens is 1. The number of nitrogens with one attached hydrogen (secondary N) is 1. The zero-order chi connectivity index (χ0) is 15.1. The van der Waals surface area contributed by atoms with E-state index in [4.69, 9.17) is 4.74 Å². The normalized spacial score (nSPS) is 12.1. The number of hydrogen-bond donors (Lipinski definition) is 1. The molecule has 21 heavy (non-hydrogen) atoms. The first kappa shape index (κ1) is 15.4. The number of hydrogen-bond acceptors (Lipinski definition) is 3. The topological polar surface area (TPSA) is 34.1 Å². The Morgan fingerprint density at radius 1 is 1.33 bits per heavy atom. The van der Waals surface area contributed by atoms with Gasteiger partial charge < -0.3 is 10.1 Å². The van der Waals surface area contributed by atoms with Crippen LogP contribution in [0.15, 0.2) is 42.7 Å². The molecule has 1 aromatic heterocycles. The lowest BCUT2D eigenvalue weighted by Crippen LogP contribution is -2.19. The molecule has 0 aliphatic carbocycles. The van der Waals surface area contributed by atoms with Crippen molar-refractivity contribution in [2.24, 2.45) is 0 Å².